The van der Waals surface area contributed by atoms with Crippen LogP contribution in [0.2, 0.25) is 0 Å². The zero-order valence-corrected chi connectivity index (χ0v) is 14.6. The van der Waals surface area contributed by atoms with Gasteiger partial charge in [0.05, 0.1) is 0 Å². The lowest BCUT2D eigenvalue weighted by atomic mass is 9.81. The summed E-state index contributed by atoms with van der Waals surface area (Å²) in [5, 5.41) is 13.7. The molecule has 0 aliphatic carbocycles. The standard InChI is InChI=1S/C18H23N3O4/c1-13(2)20-16(23)18(15(22)19-17(20)24,14-9-5-3-6-10-14)21(25)11-7-4-8-12-21/h3,5-6,9-10,13,25H,4,7-8,11-12H2,1-2H3/p+1. The van der Waals surface area contributed by atoms with Gasteiger partial charge < -0.3 is 0 Å². The Hall–Kier alpha value is -2.25. The highest BCUT2D eigenvalue weighted by Crippen LogP contribution is 2.41. The number of imide groups is 2. The predicted octanol–water partition coefficient (Wildman–Crippen LogP) is 1.76. The summed E-state index contributed by atoms with van der Waals surface area (Å²) in [6.07, 6.45) is 2.36. The summed E-state index contributed by atoms with van der Waals surface area (Å²) in [4.78, 5) is 39.8. The van der Waals surface area contributed by atoms with Crippen LogP contribution in [0, 0.1) is 0 Å². The maximum atomic E-state index is 13.5. The number of quaternary nitrogens is 1. The summed E-state index contributed by atoms with van der Waals surface area (Å²) in [5.74, 6) is -1.41. The molecule has 2 aliphatic heterocycles. The van der Waals surface area contributed by atoms with E-state index >= 15 is 0 Å². The third kappa shape index (κ3) is 2.46. The van der Waals surface area contributed by atoms with Gasteiger partial charge in [-0.15, -0.1) is 0 Å². The van der Waals surface area contributed by atoms with Crippen molar-refractivity contribution >= 4 is 17.8 Å². The highest BCUT2D eigenvalue weighted by atomic mass is 16.6. The van der Waals surface area contributed by atoms with E-state index in [9.17, 15) is 19.6 Å². The largest absolute Gasteiger partial charge is 0.331 e. The molecule has 0 aromatic heterocycles. The van der Waals surface area contributed by atoms with E-state index in [0.29, 0.717) is 18.4 Å². The predicted molar refractivity (Wildman–Crippen MR) is 89.3 cm³/mol. The van der Waals surface area contributed by atoms with Crippen LogP contribution in [-0.4, -0.2) is 51.7 Å². The number of hydroxylamine groups is 3. The summed E-state index contributed by atoms with van der Waals surface area (Å²) in [6.45, 7) is 3.99. The quantitative estimate of drug-likeness (QED) is 0.645. The molecule has 1 aromatic carbocycles. The number of barbiturate groups is 1. The molecule has 7 heteroatoms. The first-order valence-corrected chi connectivity index (χ1v) is 8.69. The minimum Gasteiger partial charge on any atom is -0.271 e. The van der Waals surface area contributed by atoms with E-state index in [2.05, 4.69) is 5.32 Å². The number of carbonyl (C=O) groups is 3. The summed E-state index contributed by atoms with van der Waals surface area (Å²) in [7, 11) is 0. The van der Waals surface area contributed by atoms with Crippen LogP contribution in [0.1, 0.15) is 38.7 Å². The number of nitrogens with zero attached hydrogens (tertiary/aromatic N) is 2. The van der Waals surface area contributed by atoms with Crippen molar-refractivity contribution in [2.24, 2.45) is 0 Å². The van der Waals surface area contributed by atoms with Crippen LogP contribution >= 0.6 is 0 Å². The zero-order valence-electron chi connectivity index (χ0n) is 14.6. The Morgan fingerprint density at radius 3 is 2.24 bits per heavy atom. The van der Waals surface area contributed by atoms with Crippen molar-refractivity contribution in [3.05, 3.63) is 35.9 Å². The first kappa shape index (κ1) is 17.6. The molecule has 0 saturated carbocycles. The summed E-state index contributed by atoms with van der Waals surface area (Å²) in [5.41, 5.74) is -1.46. The number of carbonyl (C=O) groups excluding carboxylic acids is 3. The molecular weight excluding hydrogens is 322 g/mol. The van der Waals surface area contributed by atoms with Gasteiger partial charge in [-0.25, -0.2) is 10.0 Å². The lowest BCUT2D eigenvalue weighted by Gasteiger charge is -2.50. The number of benzene rings is 1. The first-order valence-electron chi connectivity index (χ1n) is 8.69. The second-order valence-corrected chi connectivity index (χ2v) is 7.04. The minimum absolute atomic E-state index is 0.286. The van der Waals surface area contributed by atoms with Crippen molar-refractivity contribution in [3.63, 3.8) is 0 Å². The molecule has 0 spiro atoms. The van der Waals surface area contributed by atoms with Crippen LogP contribution in [0.15, 0.2) is 30.3 Å². The summed E-state index contributed by atoms with van der Waals surface area (Å²) in [6, 6.07) is 7.40. The van der Waals surface area contributed by atoms with E-state index in [1.165, 1.54) is 0 Å². The van der Waals surface area contributed by atoms with Crippen molar-refractivity contribution in [3.8, 4) is 0 Å². The van der Waals surface area contributed by atoms with Crippen LogP contribution in [0.4, 0.5) is 4.79 Å². The van der Waals surface area contributed by atoms with Crippen LogP contribution in [0.5, 0.6) is 0 Å². The van der Waals surface area contributed by atoms with Crippen LogP contribution in [-0.2, 0) is 15.1 Å². The molecule has 2 saturated heterocycles. The van der Waals surface area contributed by atoms with Gasteiger partial charge in [0.1, 0.15) is 13.1 Å². The lowest BCUT2D eigenvalue weighted by Crippen LogP contribution is -2.78. The molecule has 7 nitrogen and oxygen atoms in total. The van der Waals surface area contributed by atoms with Crippen molar-refractivity contribution in [1.29, 1.82) is 0 Å². The average molecular weight is 346 g/mol. The highest BCUT2D eigenvalue weighted by molar-refractivity contribution is 6.21. The molecule has 1 aromatic rings. The third-order valence-corrected chi connectivity index (χ3v) is 5.18. The molecule has 2 fully saturated rings. The van der Waals surface area contributed by atoms with E-state index in [4.69, 9.17) is 0 Å². The molecule has 25 heavy (non-hydrogen) atoms. The fraction of sp³-hybridized carbons (Fsp3) is 0.500. The van der Waals surface area contributed by atoms with E-state index in [0.717, 1.165) is 11.3 Å². The molecule has 0 bridgehead atoms. The third-order valence-electron chi connectivity index (χ3n) is 5.18. The molecule has 2 heterocycles. The number of amides is 4. The Morgan fingerprint density at radius 2 is 1.68 bits per heavy atom. The number of urea groups is 1. The second kappa shape index (κ2) is 6.24. The first-order chi connectivity index (χ1) is 11.8. The van der Waals surface area contributed by atoms with E-state index in [1.54, 1.807) is 44.2 Å². The SMILES string of the molecule is CC(C)N1C(=O)NC(=O)C(c2ccccc2)([N+]2(O)CCCCC2)C1=O. The maximum Gasteiger partial charge on any atom is 0.331 e. The van der Waals surface area contributed by atoms with Crippen molar-refractivity contribution < 1.29 is 24.2 Å². The van der Waals surface area contributed by atoms with Gasteiger partial charge in [0.15, 0.2) is 0 Å². The van der Waals surface area contributed by atoms with Gasteiger partial charge in [-0.05, 0) is 33.1 Å². The lowest BCUT2D eigenvalue weighted by molar-refractivity contribution is -1.13. The van der Waals surface area contributed by atoms with Gasteiger partial charge in [-0.2, -0.15) is 4.65 Å². The second-order valence-electron chi connectivity index (χ2n) is 7.04. The summed E-state index contributed by atoms with van der Waals surface area (Å²) >= 11 is 0. The molecular formula is C18H24N3O4+. The van der Waals surface area contributed by atoms with E-state index in [-0.39, 0.29) is 13.1 Å². The van der Waals surface area contributed by atoms with Crippen LogP contribution < -0.4 is 5.32 Å². The fourth-order valence-electron chi connectivity index (χ4n) is 3.99. The van der Waals surface area contributed by atoms with Gasteiger partial charge in [-0.3, -0.25) is 19.8 Å². The number of likely N-dealkylation sites (tertiary alicyclic amines) is 1. The Labute approximate surface area is 146 Å². The molecule has 1 atom stereocenters. The molecule has 2 N–H and O–H groups in total. The van der Waals surface area contributed by atoms with E-state index in [1.807, 2.05) is 0 Å². The molecule has 0 radical (unpaired) electrons. The van der Waals surface area contributed by atoms with E-state index < -0.39 is 34.1 Å². The number of rotatable bonds is 3. The number of piperidine rings is 1. The van der Waals surface area contributed by atoms with Gasteiger partial charge in [0.2, 0.25) is 0 Å². The van der Waals surface area contributed by atoms with Crippen molar-refractivity contribution in [2.45, 2.75) is 44.7 Å². The van der Waals surface area contributed by atoms with Crippen molar-refractivity contribution in [2.75, 3.05) is 13.1 Å². The van der Waals surface area contributed by atoms with Gasteiger partial charge in [-0.1, -0.05) is 30.3 Å². The highest BCUT2D eigenvalue weighted by Gasteiger charge is 2.69. The molecule has 4 amide bonds. The molecule has 134 valence electrons. The number of hydrogen-bond acceptors (Lipinski definition) is 4. The molecule has 3 rings (SSSR count). The molecule has 2 aliphatic rings. The normalized spacial score (nSPS) is 26.7. The molecule has 1 unspecified atom stereocenters. The number of nitrogens with one attached hydrogen (secondary N) is 1. The average Bonchev–Trinajstić information content (AvgIpc) is 2.55. The fourth-order valence-corrected chi connectivity index (χ4v) is 3.99. The van der Waals surface area contributed by atoms with Crippen molar-refractivity contribution in [1.82, 2.24) is 10.2 Å². The Kier molecular flexibility index (Phi) is 4.38. The zero-order chi connectivity index (χ0) is 18.2. The number of hydrogen-bond donors (Lipinski definition) is 2. The summed E-state index contributed by atoms with van der Waals surface area (Å²) < 4.78 is -0.696. The monoisotopic (exact) mass is 346 g/mol. The van der Waals surface area contributed by atoms with Gasteiger partial charge in [0.25, 0.3) is 0 Å². The Morgan fingerprint density at radius 1 is 1.08 bits per heavy atom. The van der Waals surface area contributed by atoms with Crippen LogP contribution in [0.3, 0.4) is 0 Å². The Balaban J connectivity index is 2.25. The van der Waals surface area contributed by atoms with Gasteiger partial charge >= 0.3 is 23.4 Å². The minimum atomic E-state index is -1.86. The van der Waals surface area contributed by atoms with Crippen LogP contribution in [0.25, 0.3) is 0 Å². The smallest absolute Gasteiger partial charge is 0.271 e. The Bertz CT molecular complexity index is 698. The van der Waals surface area contributed by atoms with Gasteiger partial charge in [0, 0.05) is 11.6 Å². The topological polar surface area (TPSA) is 86.7 Å². The maximum absolute atomic E-state index is 13.5.